The van der Waals surface area contributed by atoms with Gasteiger partial charge < -0.3 is 19.3 Å². The third kappa shape index (κ3) is 5.59. The van der Waals surface area contributed by atoms with Crippen LogP contribution in [0.25, 0.3) is 5.76 Å². The minimum Gasteiger partial charge on any atom is -0.507 e. The molecule has 11 heteroatoms. The maximum Gasteiger partial charge on any atom is 0.350 e. The number of aryl methyl sites for hydroxylation is 1. The topological polar surface area (TPSA) is 115 Å². The second-order valence-electron chi connectivity index (χ2n) is 8.55. The predicted molar refractivity (Wildman–Crippen MR) is 152 cm³/mol. The van der Waals surface area contributed by atoms with Gasteiger partial charge in [0.2, 0.25) is 0 Å². The van der Waals surface area contributed by atoms with E-state index in [9.17, 15) is 19.5 Å². The number of hydrogen-bond acceptors (Lipinski definition) is 9. The molecule has 1 aliphatic heterocycles. The van der Waals surface area contributed by atoms with Crippen LogP contribution in [0.3, 0.4) is 0 Å². The van der Waals surface area contributed by atoms with Crippen molar-refractivity contribution in [2.24, 2.45) is 0 Å². The number of aliphatic hydroxyl groups excluding tert-OH is 1. The van der Waals surface area contributed by atoms with Crippen molar-refractivity contribution >= 4 is 51.5 Å². The van der Waals surface area contributed by atoms with E-state index in [1.165, 1.54) is 4.90 Å². The largest absolute Gasteiger partial charge is 0.507 e. The van der Waals surface area contributed by atoms with Gasteiger partial charge in [-0.05, 0) is 62.7 Å². The van der Waals surface area contributed by atoms with Gasteiger partial charge in [-0.2, -0.15) is 0 Å². The smallest absolute Gasteiger partial charge is 0.350 e. The summed E-state index contributed by atoms with van der Waals surface area (Å²) < 4.78 is 16.6. The summed E-state index contributed by atoms with van der Waals surface area (Å²) in [5, 5.41) is 11.9. The number of benzene rings is 2. The first-order valence-corrected chi connectivity index (χ1v) is 13.6. The molecule has 1 aromatic heterocycles. The van der Waals surface area contributed by atoms with Crippen molar-refractivity contribution < 1.29 is 33.7 Å². The van der Waals surface area contributed by atoms with E-state index in [2.05, 4.69) is 11.6 Å². The monoisotopic (exact) mass is 582 g/mol. The first-order valence-electron chi connectivity index (χ1n) is 12.4. The van der Waals surface area contributed by atoms with E-state index >= 15 is 0 Å². The molecule has 0 saturated carbocycles. The van der Waals surface area contributed by atoms with Crippen molar-refractivity contribution in [2.45, 2.75) is 26.8 Å². The fourth-order valence-corrected chi connectivity index (χ4v) is 5.32. The van der Waals surface area contributed by atoms with E-state index in [1.54, 1.807) is 62.4 Å². The summed E-state index contributed by atoms with van der Waals surface area (Å²) >= 11 is 6.94. The Balaban J connectivity index is 1.93. The molecule has 3 aromatic rings. The van der Waals surface area contributed by atoms with Gasteiger partial charge in [0.25, 0.3) is 5.78 Å². The quantitative estimate of drug-likeness (QED) is 0.104. The Morgan fingerprint density at radius 1 is 1.12 bits per heavy atom. The lowest BCUT2D eigenvalue weighted by atomic mass is 9.95. The zero-order valence-electron chi connectivity index (χ0n) is 22.1. The fraction of sp³-hybridized carbons (Fsp3) is 0.241. The van der Waals surface area contributed by atoms with Crippen LogP contribution in [0.1, 0.15) is 46.4 Å². The molecule has 1 N–H and O–H groups in total. The first kappa shape index (κ1) is 28.8. The number of rotatable bonds is 10. The fourth-order valence-electron chi connectivity index (χ4n) is 4.21. The molecule has 1 aliphatic rings. The number of ether oxygens (including phenoxy) is 3. The van der Waals surface area contributed by atoms with Crippen molar-refractivity contribution in [3.05, 3.63) is 87.4 Å². The number of amides is 1. The summed E-state index contributed by atoms with van der Waals surface area (Å²) in [6, 6.07) is 10.1. The number of nitrogens with zero attached hydrogens (tertiary/aromatic N) is 2. The lowest BCUT2D eigenvalue weighted by Gasteiger charge is -2.24. The maximum atomic E-state index is 13.5. The highest BCUT2D eigenvalue weighted by atomic mass is 35.5. The zero-order valence-corrected chi connectivity index (χ0v) is 23.7. The number of ketones is 1. The molecule has 0 aliphatic carbocycles. The van der Waals surface area contributed by atoms with Gasteiger partial charge in [-0.15, -0.1) is 0 Å². The maximum absolute atomic E-state index is 13.5. The second-order valence-corrected chi connectivity index (χ2v) is 9.96. The lowest BCUT2D eigenvalue weighted by Crippen LogP contribution is -2.29. The Morgan fingerprint density at radius 2 is 1.85 bits per heavy atom. The Hall–Kier alpha value is -4.15. The SMILES string of the molecule is C=CCOc1ccc(C2C(=C(O)c3ccc(Cl)cc3)C(=O)C(=O)N2c2nc(C)c(C(=O)OCC)s2)cc1OCC. The van der Waals surface area contributed by atoms with Crippen LogP contribution in [0, 0.1) is 6.92 Å². The van der Waals surface area contributed by atoms with Gasteiger partial charge in [-0.1, -0.05) is 41.7 Å². The number of carbonyl (C=O) groups excluding carboxylic acids is 3. The van der Waals surface area contributed by atoms with Crippen LogP contribution in [0.5, 0.6) is 11.5 Å². The molecule has 1 amide bonds. The Labute approximate surface area is 240 Å². The van der Waals surface area contributed by atoms with Crippen LogP contribution >= 0.6 is 22.9 Å². The number of aromatic nitrogens is 1. The van der Waals surface area contributed by atoms with Gasteiger partial charge in [-0.25, -0.2) is 9.78 Å². The van der Waals surface area contributed by atoms with Gasteiger partial charge in [-0.3, -0.25) is 14.5 Å². The second kappa shape index (κ2) is 12.4. The molecule has 9 nitrogen and oxygen atoms in total. The number of anilines is 1. The molecule has 0 radical (unpaired) electrons. The van der Waals surface area contributed by atoms with Gasteiger partial charge in [0.05, 0.1) is 30.5 Å². The minimum absolute atomic E-state index is 0.104. The van der Waals surface area contributed by atoms with Gasteiger partial charge in [0.15, 0.2) is 16.6 Å². The van der Waals surface area contributed by atoms with Crippen molar-refractivity contribution in [1.82, 2.24) is 4.98 Å². The molecule has 4 rings (SSSR count). The van der Waals surface area contributed by atoms with E-state index in [1.807, 2.05) is 6.92 Å². The normalized spacial score (nSPS) is 16.2. The zero-order chi connectivity index (χ0) is 29.0. The van der Waals surface area contributed by atoms with Crippen molar-refractivity contribution in [1.29, 1.82) is 0 Å². The van der Waals surface area contributed by atoms with Gasteiger partial charge in [0, 0.05) is 10.6 Å². The summed E-state index contributed by atoms with van der Waals surface area (Å²) in [5.74, 6) is -1.97. The number of hydrogen-bond donors (Lipinski definition) is 1. The Kier molecular flexibility index (Phi) is 8.91. The molecular formula is C29H27ClN2O7S. The standard InChI is InChI=1S/C29H27ClN2O7S/c1-5-14-39-20-13-10-18(15-21(20)37-6-2)23-22(24(33)17-8-11-19(30)12-9-17)25(34)27(35)32(23)29-31-16(4)26(40-29)28(36)38-7-3/h5,8-13,15,23,33H,1,6-7,14H2,2-4H3. The highest BCUT2D eigenvalue weighted by molar-refractivity contribution is 7.17. The van der Waals surface area contributed by atoms with Crippen molar-refractivity contribution in [3.63, 3.8) is 0 Å². The highest BCUT2D eigenvalue weighted by Crippen LogP contribution is 2.45. The summed E-state index contributed by atoms with van der Waals surface area (Å²) in [5.41, 5.74) is 0.945. The molecule has 2 aromatic carbocycles. The molecule has 1 atom stereocenters. The van der Waals surface area contributed by atoms with Crippen LogP contribution in [-0.4, -0.2) is 47.6 Å². The van der Waals surface area contributed by atoms with Crippen LogP contribution in [-0.2, 0) is 14.3 Å². The third-order valence-electron chi connectivity index (χ3n) is 5.95. The number of halogens is 1. The van der Waals surface area contributed by atoms with Gasteiger partial charge in [0.1, 0.15) is 17.2 Å². The minimum atomic E-state index is -1.09. The number of thiazole rings is 1. The van der Waals surface area contributed by atoms with E-state index in [0.717, 1.165) is 11.3 Å². The summed E-state index contributed by atoms with van der Waals surface area (Å²) in [4.78, 5) is 45.3. The van der Waals surface area contributed by atoms with Crippen LogP contribution < -0.4 is 14.4 Å². The molecule has 1 fully saturated rings. The van der Waals surface area contributed by atoms with Crippen molar-refractivity contribution in [2.75, 3.05) is 24.7 Å². The Morgan fingerprint density at radius 3 is 2.50 bits per heavy atom. The first-order chi connectivity index (χ1) is 19.2. The molecule has 1 unspecified atom stereocenters. The number of aliphatic hydroxyl groups is 1. The average Bonchev–Trinajstić information content (AvgIpc) is 3.44. The molecule has 40 heavy (non-hydrogen) atoms. The van der Waals surface area contributed by atoms with Crippen LogP contribution in [0.15, 0.2) is 60.7 Å². The van der Waals surface area contributed by atoms with E-state index in [-0.39, 0.29) is 34.6 Å². The van der Waals surface area contributed by atoms with Crippen LogP contribution in [0.2, 0.25) is 5.02 Å². The van der Waals surface area contributed by atoms with E-state index in [4.69, 9.17) is 25.8 Å². The molecule has 1 saturated heterocycles. The Bertz CT molecular complexity index is 1500. The number of Topliss-reactive ketones (excluding diaryl/α,β-unsaturated/α-hetero) is 1. The molecular weight excluding hydrogens is 556 g/mol. The molecule has 0 bridgehead atoms. The third-order valence-corrected chi connectivity index (χ3v) is 7.34. The summed E-state index contributed by atoms with van der Waals surface area (Å²) in [6.07, 6.45) is 1.59. The van der Waals surface area contributed by atoms with Crippen LogP contribution in [0.4, 0.5) is 5.13 Å². The van der Waals surface area contributed by atoms with Gasteiger partial charge >= 0.3 is 11.9 Å². The van der Waals surface area contributed by atoms with Crippen molar-refractivity contribution in [3.8, 4) is 11.5 Å². The average molecular weight is 583 g/mol. The molecule has 208 valence electrons. The summed E-state index contributed by atoms with van der Waals surface area (Å²) in [7, 11) is 0. The highest BCUT2D eigenvalue weighted by Gasteiger charge is 2.48. The predicted octanol–water partition coefficient (Wildman–Crippen LogP) is 5.87. The number of carbonyl (C=O) groups is 3. The lowest BCUT2D eigenvalue weighted by molar-refractivity contribution is -0.132. The molecule has 2 heterocycles. The van der Waals surface area contributed by atoms with E-state index in [0.29, 0.717) is 39.9 Å². The molecule has 0 spiro atoms. The van der Waals surface area contributed by atoms with E-state index < -0.39 is 23.7 Å². The summed E-state index contributed by atoms with van der Waals surface area (Å²) in [6.45, 7) is 9.50. The number of esters is 1.